The van der Waals surface area contributed by atoms with Gasteiger partial charge in [0.2, 0.25) is 5.95 Å². The van der Waals surface area contributed by atoms with Crippen LogP contribution in [0.2, 0.25) is 0 Å². The van der Waals surface area contributed by atoms with E-state index in [-0.39, 0.29) is 29.5 Å². The van der Waals surface area contributed by atoms with Crippen LogP contribution in [0.1, 0.15) is 31.9 Å². The second kappa shape index (κ2) is 10.6. The van der Waals surface area contributed by atoms with Crippen LogP contribution >= 0.6 is 0 Å². The van der Waals surface area contributed by atoms with Crippen LogP contribution in [0.25, 0.3) is 11.2 Å². The van der Waals surface area contributed by atoms with E-state index in [9.17, 15) is 28.5 Å². The SMILES string of the molecule is C[C@@H]1O[C@H](OCc2cn(S(=O)(=O)CCCCCn3cnc4c(=O)[nH]c(N)nc43)nn2)[C@@H](O)[C@H](O)[C@@H]1O. The Morgan fingerprint density at radius 2 is 1.97 bits per heavy atom. The lowest BCUT2D eigenvalue weighted by Gasteiger charge is -2.38. The van der Waals surface area contributed by atoms with Crippen LogP contribution in [-0.2, 0) is 32.6 Å². The van der Waals surface area contributed by atoms with E-state index in [1.54, 1.807) is 4.57 Å². The van der Waals surface area contributed by atoms with Crippen LogP contribution in [0.3, 0.4) is 0 Å². The van der Waals surface area contributed by atoms with Gasteiger partial charge in [-0.05, 0) is 19.8 Å². The molecule has 0 spiro atoms. The summed E-state index contributed by atoms with van der Waals surface area (Å²) < 4.78 is 38.3. The Morgan fingerprint density at radius 1 is 1.19 bits per heavy atom. The molecule has 17 heteroatoms. The molecule has 6 N–H and O–H groups in total. The average Bonchev–Trinajstić information content (AvgIpc) is 3.47. The van der Waals surface area contributed by atoms with E-state index in [4.69, 9.17) is 15.2 Å². The van der Waals surface area contributed by atoms with Crippen molar-refractivity contribution in [1.82, 2.24) is 33.9 Å². The van der Waals surface area contributed by atoms with Crippen LogP contribution < -0.4 is 11.3 Å². The van der Waals surface area contributed by atoms with E-state index < -0.39 is 46.3 Å². The molecule has 1 fully saturated rings. The Balaban J connectivity index is 1.25. The first-order chi connectivity index (χ1) is 17.1. The van der Waals surface area contributed by atoms with E-state index in [2.05, 4.69) is 25.3 Å². The second-order valence-electron chi connectivity index (χ2n) is 8.51. The number of imidazole rings is 1. The van der Waals surface area contributed by atoms with E-state index >= 15 is 0 Å². The van der Waals surface area contributed by atoms with Crippen molar-refractivity contribution in [3.63, 3.8) is 0 Å². The van der Waals surface area contributed by atoms with Crippen molar-refractivity contribution in [2.24, 2.45) is 0 Å². The van der Waals surface area contributed by atoms with Gasteiger partial charge in [0.15, 0.2) is 17.5 Å². The first-order valence-electron chi connectivity index (χ1n) is 11.2. The number of nitrogens with zero attached hydrogens (tertiary/aromatic N) is 6. The molecule has 0 radical (unpaired) electrons. The monoisotopic (exact) mass is 528 g/mol. The number of aliphatic hydroxyl groups is 3. The number of aromatic amines is 1. The van der Waals surface area contributed by atoms with Crippen molar-refractivity contribution in [2.75, 3.05) is 11.5 Å². The highest BCUT2D eigenvalue weighted by atomic mass is 32.2. The lowest BCUT2D eigenvalue weighted by molar-refractivity contribution is -0.296. The van der Waals surface area contributed by atoms with Crippen LogP contribution in [-0.4, -0.2) is 94.1 Å². The number of hydrogen-bond acceptors (Lipinski definition) is 13. The molecule has 3 aromatic heterocycles. The molecule has 1 aliphatic rings. The lowest BCUT2D eigenvalue weighted by atomic mass is 10.0. The molecule has 198 valence electrons. The van der Waals surface area contributed by atoms with Gasteiger partial charge in [0.1, 0.15) is 24.0 Å². The number of rotatable bonds is 10. The molecule has 0 amide bonds. The average molecular weight is 529 g/mol. The molecule has 4 rings (SSSR count). The minimum atomic E-state index is -3.76. The van der Waals surface area contributed by atoms with Gasteiger partial charge in [-0.2, -0.15) is 4.98 Å². The van der Waals surface area contributed by atoms with Crippen molar-refractivity contribution in [2.45, 2.75) is 70.0 Å². The highest BCUT2D eigenvalue weighted by Crippen LogP contribution is 2.22. The molecule has 3 aromatic rings. The number of nitrogens with one attached hydrogen (secondary N) is 1. The minimum Gasteiger partial charge on any atom is -0.388 e. The fourth-order valence-electron chi connectivity index (χ4n) is 3.77. The summed E-state index contributed by atoms with van der Waals surface area (Å²) in [5.74, 6) is -0.176. The number of fused-ring (bicyclic) bond motifs is 1. The zero-order valence-electron chi connectivity index (χ0n) is 19.3. The van der Waals surface area contributed by atoms with Gasteiger partial charge in [0, 0.05) is 6.54 Å². The zero-order chi connectivity index (χ0) is 26.0. The summed E-state index contributed by atoms with van der Waals surface area (Å²) in [5.41, 5.74) is 5.89. The highest BCUT2D eigenvalue weighted by Gasteiger charge is 2.42. The van der Waals surface area contributed by atoms with Gasteiger partial charge in [0.05, 0.1) is 31.0 Å². The second-order valence-corrected chi connectivity index (χ2v) is 10.5. The number of nitrogens with two attached hydrogens (primary N) is 1. The molecule has 5 atom stereocenters. The fraction of sp³-hybridized carbons (Fsp3) is 0.632. The number of aryl methyl sites for hydroxylation is 1. The van der Waals surface area contributed by atoms with E-state index in [1.807, 2.05) is 0 Å². The van der Waals surface area contributed by atoms with Crippen LogP contribution in [0.15, 0.2) is 17.3 Å². The Morgan fingerprint density at radius 3 is 2.75 bits per heavy atom. The molecule has 0 bridgehead atoms. The van der Waals surface area contributed by atoms with Gasteiger partial charge >= 0.3 is 0 Å². The third-order valence-electron chi connectivity index (χ3n) is 5.80. The number of aliphatic hydroxyl groups excluding tert-OH is 3. The Labute approximate surface area is 204 Å². The van der Waals surface area contributed by atoms with Crippen molar-refractivity contribution < 1.29 is 33.2 Å². The number of aromatic nitrogens is 7. The molecular weight excluding hydrogens is 500 g/mol. The Hall–Kier alpha value is -2.96. The summed E-state index contributed by atoms with van der Waals surface area (Å²) in [4.78, 5) is 22.3. The van der Waals surface area contributed by atoms with E-state index in [0.717, 1.165) is 4.09 Å². The minimum absolute atomic E-state index is 0.00802. The first-order valence-corrected chi connectivity index (χ1v) is 12.8. The molecule has 4 heterocycles. The van der Waals surface area contributed by atoms with Gasteiger partial charge in [-0.15, -0.1) is 9.19 Å². The normalized spacial score (nSPS) is 24.9. The third kappa shape index (κ3) is 5.55. The standard InChI is InChI=1S/C19H28N8O8S/c1-10-13(28)14(29)15(30)18(35-10)34-8-11-7-27(25-24-11)36(32,33)6-4-2-3-5-26-9-21-12-16(26)22-19(20)23-17(12)31/h7,9-10,13-15,18,28-30H,2-6,8H2,1H3,(H3,20,22,23,31)/t10-,13+,14+,15-,18-/m0/s1. The molecule has 0 aromatic carbocycles. The highest BCUT2D eigenvalue weighted by molar-refractivity contribution is 7.89. The molecule has 0 saturated carbocycles. The van der Waals surface area contributed by atoms with Gasteiger partial charge in [0.25, 0.3) is 15.6 Å². The molecule has 1 aliphatic heterocycles. The Bertz CT molecular complexity index is 1350. The smallest absolute Gasteiger partial charge is 0.280 e. The molecule has 0 aliphatic carbocycles. The predicted octanol–water partition coefficient (Wildman–Crippen LogP) is -2.31. The van der Waals surface area contributed by atoms with Crippen LogP contribution in [0.4, 0.5) is 5.95 Å². The van der Waals surface area contributed by atoms with Crippen molar-refractivity contribution in [3.8, 4) is 0 Å². The Kier molecular flexibility index (Phi) is 7.67. The zero-order valence-corrected chi connectivity index (χ0v) is 20.2. The van der Waals surface area contributed by atoms with Crippen molar-refractivity contribution in [1.29, 1.82) is 0 Å². The summed E-state index contributed by atoms with van der Waals surface area (Å²) in [7, 11) is -3.76. The third-order valence-corrected chi connectivity index (χ3v) is 7.36. The molecule has 36 heavy (non-hydrogen) atoms. The number of nitrogen functional groups attached to an aromatic ring is 1. The van der Waals surface area contributed by atoms with Gasteiger partial charge in [-0.1, -0.05) is 11.6 Å². The summed E-state index contributed by atoms with van der Waals surface area (Å²) in [6, 6.07) is 0. The van der Waals surface area contributed by atoms with Crippen molar-refractivity contribution in [3.05, 3.63) is 28.6 Å². The van der Waals surface area contributed by atoms with Crippen LogP contribution in [0, 0.1) is 0 Å². The molecule has 0 unspecified atom stereocenters. The number of unbranched alkanes of at least 4 members (excludes halogenated alkanes) is 2. The van der Waals surface area contributed by atoms with E-state index in [0.29, 0.717) is 31.5 Å². The first kappa shape index (κ1) is 26.1. The summed E-state index contributed by atoms with van der Waals surface area (Å²) in [5, 5.41) is 37.0. The summed E-state index contributed by atoms with van der Waals surface area (Å²) >= 11 is 0. The van der Waals surface area contributed by atoms with Crippen molar-refractivity contribution >= 4 is 27.1 Å². The predicted molar refractivity (Wildman–Crippen MR) is 123 cm³/mol. The number of ether oxygens (including phenoxy) is 2. The van der Waals surface area contributed by atoms with Crippen LogP contribution in [0.5, 0.6) is 0 Å². The maximum atomic E-state index is 12.6. The molecule has 16 nitrogen and oxygen atoms in total. The van der Waals surface area contributed by atoms with E-state index in [1.165, 1.54) is 19.4 Å². The number of H-pyrrole nitrogens is 1. The van der Waals surface area contributed by atoms with Gasteiger partial charge in [-0.25, -0.2) is 13.4 Å². The largest absolute Gasteiger partial charge is 0.388 e. The quantitative estimate of drug-likeness (QED) is 0.174. The van der Waals surface area contributed by atoms with Gasteiger partial charge < -0.3 is 35.1 Å². The topological polar surface area (TPSA) is 234 Å². The summed E-state index contributed by atoms with van der Waals surface area (Å²) in [6.07, 6.45) is -1.94. The number of anilines is 1. The lowest BCUT2D eigenvalue weighted by Crippen LogP contribution is -2.57. The van der Waals surface area contributed by atoms with Gasteiger partial charge in [-0.3, -0.25) is 9.78 Å². The number of hydrogen-bond donors (Lipinski definition) is 5. The molecule has 1 saturated heterocycles. The summed E-state index contributed by atoms with van der Waals surface area (Å²) in [6.45, 7) is 1.77. The maximum Gasteiger partial charge on any atom is 0.280 e. The maximum absolute atomic E-state index is 12.6. The molecular formula is C19H28N8O8S. The fourth-order valence-corrected chi connectivity index (χ4v) is 4.96.